The van der Waals surface area contributed by atoms with Crippen molar-refractivity contribution in [3.8, 4) is 5.75 Å². The van der Waals surface area contributed by atoms with E-state index < -0.39 is 10.0 Å². The zero-order chi connectivity index (χ0) is 15.3. The maximum Gasteiger partial charge on any atom is 0.243 e. The Hall–Kier alpha value is -1.07. The van der Waals surface area contributed by atoms with E-state index in [0.717, 1.165) is 25.7 Å². The van der Waals surface area contributed by atoms with E-state index in [0.29, 0.717) is 17.3 Å². The molecule has 1 aliphatic rings. The minimum Gasteiger partial charge on any atom is -0.494 e. The van der Waals surface area contributed by atoms with Crippen molar-refractivity contribution in [1.29, 1.82) is 0 Å². The minimum absolute atomic E-state index is 0.129. The normalized spacial score (nSPS) is 17.7. The van der Waals surface area contributed by atoms with E-state index in [-0.39, 0.29) is 6.04 Å². The fraction of sp³-hybridized carbons (Fsp3) is 0.625. The number of ether oxygens (including phenoxy) is 1. The average Bonchev–Trinajstić information content (AvgIpc) is 2.76. The van der Waals surface area contributed by atoms with E-state index in [1.807, 2.05) is 6.92 Å². The number of hydrogen-bond donors (Lipinski definition) is 0. The Kier molecular flexibility index (Phi) is 5.65. The molecule has 1 aromatic rings. The van der Waals surface area contributed by atoms with Gasteiger partial charge < -0.3 is 4.74 Å². The second-order valence-corrected chi connectivity index (χ2v) is 7.57. The summed E-state index contributed by atoms with van der Waals surface area (Å²) in [6.45, 7) is 2.48. The number of benzene rings is 1. The third kappa shape index (κ3) is 3.98. The molecule has 1 saturated carbocycles. The number of hydrogen-bond acceptors (Lipinski definition) is 3. The van der Waals surface area contributed by atoms with Crippen LogP contribution in [-0.4, -0.2) is 32.4 Å². The lowest BCUT2D eigenvalue weighted by Gasteiger charge is -2.26. The van der Waals surface area contributed by atoms with E-state index in [4.69, 9.17) is 4.74 Å². The molecule has 0 spiro atoms. The first-order valence-electron chi connectivity index (χ1n) is 7.76. The molecule has 0 aliphatic heterocycles. The first kappa shape index (κ1) is 16.3. The largest absolute Gasteiger partial charge is 0.494 e. The third-order valence-corrected chi connectivity index (χ3v) is 6.07. The van der Waals surface area contributed by atoms with Crippen molar-refractivity contribution in [2.45, 2.75) is 56.4 Å². The minimum atomic E-state index is -3.41. The molecule has 0 saturated heterocycles. The van der Waals surface area contributed by atoms with Crippen molar-refractivity contribution in [1.82, 2.24) is 4.31 Å². The summed E-state index contributed by atoms with van der Waals surface area (Å²) in [6, 6.07) is 6.83. The summed E-state index contributed by atoms with van der Waals surface area (Å²) in [5.41, 5.74) is 0. The van der Waals surface area contributed by atoms with Crippen LogP contribution in [0.2, 0.25) is 0 Å². The van der Waals surface area contributed by atoms with Gasteiger partial charge in [0.05, 0.1) is 11.5 Å². The molecule has 4 nitrogen and oxygen atoms in total. The van der Waals surface area contributed by atoms with Gasteiger partial charge in [0.2, 0.25) is 10.0 Å². The van der Waals surface area contributed by atoms with Crippen molar-refractivity contribution < 1.29 is 13.2 Å². The van der Waals surface area contributed by atoms with Crippen LogP contribution >= 0.6 is 0 Å². The SMILES string of the molecule is CCOc1ccc(S(=O)(=O)N(C)C2CCCCCC2)cc1. The van der Waals surface area contributed by atoms with Crippen LogP contribution in [-0.2, 0) is 10.0 Å². The summed E-state index contributed by atoms with van der Waals surface area (Å²) in [4.78, 5) is 0.345. The molecular weight excluding hydrogens is 286 g/mol. The summed E-state index contributed by atoms with van der Waals surface area (Å²) >= 11 is 0. The van der Waals surface area contributed by atoms with Crippen LogP contribution in [0.1, 0.15) is 45.4 Å². The number of nitrogens with zero attached hydrogens (tertiary/aromatic N) is 1. The van der Waals surface area contributed by atoms with Crippen LogP contribution in [0.5, 0.6) is 5.75 Å². The Morgan fingerprint density at radius 3 is 2.19 bits per heavy atom. The van der Waals surface area contributed by atoms with Gasteiger partial charge in [-0.15, -0.1) is 0 Å². The molecule has 5 heteroatoms. The van der Waals surface area contributed by atoms with Gasteiger partial charge in [-0.1, -0.05) is 25.7 Å². The summed E-state index contributed by atoms with van der Waals surface area (Å²) in [5, 5.41) is 0. The molecule has 1 fully saturated rings. The van der Waals surface area contributed by atoms with E-state index in [2.05, 4.69) is 0 Å². The van der Waals surface area contributed by atoms with Crippen LogP contribution in [0.15, 0.2) is 29.2 Å². The second kappa shape index (κ2) is 7.27. The highest BCUT2D eigenvalue weighted by atomic mass is 32.2. The van der Waals surface area contributed by atoms with E-state index in [9.17, 15) is 8.42 Å². The highest BCUT2D eigenvalue weighted by Crippen LogP contribution is 2.26. The Balaban J connectivity index is 2.15. The molecule has 1 aliphatic carbocycles. The highest BCUT2D eigenvalue weighted by Gasteiger charge is 2.28. The number of sulfonamides is 1. The third-order valence-electron chi connectivity index (χ3n) is 4.15. The lowest BCUT2D eigenvalue weighted by molar-refractivity contribution is 0.334. The number of rotatable bonds is 5. The van der Waals surface area contributed by atoms with Crippen LogP contribution in [0.4, 0.5) is 0 Å². The lowest BCUT2D eigenvalue weighted by Crippen LogP contribution is -2.36. The van der Waals surface area contributed by atoms with Gasteiger partial charge in [-0.25, -0.2) is 8.42 Å². The molecule has 0 N–H and O–H groups in total. The summed E-state index contributed by atoms with van der Waals surface area (Å²) in [5.74, 6) is 0.702. The summed E-state index contributed by atoms with van der Waals surface area (Å²) in [6.07, 6.45) is 6.60. The zero-order valence-electron chi connectivity index (χ0n) is 12.9. The molecule has 21 heavy (non-hydrogen) atoms. The standard InChI is InChI=1S/C16H25NO3S/c1-3-20-15-10-12-16(13-11-15)21(18,19)17(2)14-8-6-4-5-7-9-14/h10-14H,3-9H2,1-2H3. The van der Waals surface area contributed by atoms with Gasteiger partial charge in [0, 0.05) is 13.1 Å². The fourth-order valence-electron chi connectivity index (χ4n) is 2.86. The van der Waals surface area contributed by atoms with Crippen LogP contribution < -0.4 is 4.74 Å². The quantitative estimate of drug-likeness (QED) is 0.783. The molecule has 0 bridgehead atoms. The highest BCUT2D eigenvalue weighted by molar-refractivity contribution is 7.89. The van der Waals surface area contributed by atoms with Crippen LogP contribution in [0, 0.1) is 0 Å². The monoisotopic (exact) mass is 311 g/mol. The molecular formula is C16H25NO3S. The molecule has 2 rings (SSSR count). The molecule has 0 unspecified atom stereocenters. The Bertz CT molecular complexity index is 531. The Morgan fingerprint density at radius 2 is 1.67 bits per heavy atom. The maximum atomic E-state index is 12.7. The van der Waals surface area contributed by atoms with Crippen molar-refractivity contribution in [2.24, 2.45) is 0 Å². The molecule has 0 amide bonds. The van der Waals surface area contributed by atoms with Crippen molar-refractivity contribution in [3.63, 3.8) is 0 Å². The average molecular weight is 311 g/mol. The van der Waals surface area contributed by atoms with Gasteiger partial charge in [0.1, 0.15) is 5.75 Å². The summed E-state index contributed by atoms with van der Waals surface area (Å²) in [7, 11) is -1.70. The fourth-order valence-corrected chi connectivity index (χ4v) is 4.27. The lowest BCUT2D eigenvalue weighted by atomic mass is 10.1. The van der Waals surface area contributed by atoms with Crippen LogP contribution in [0.25, 0.3) is 0 Å². The molecule has 0 aromatic heterocycles. The smallest absolute Gasteiger partial charge is 0.243 e. The molecule has 0 atom stereocenters. The Morgan fingerprint density at radius 1 is 1.10 bits per heavy atom. The van der Waals surface area contributed by atoms with Crippen LogP contribution in [0.3, 0.4) is 0 Å². The van der Waals surface area contributed by atoms with Gasteiger partial charge in [-0.2, -0.15) is 4.31 Å². The van der Waals surface area contributed by atoms with Crippen molar-refractivity contribution >= 4 is 10.0 Å². The first-order valence-corrected chi connectivity index (χ1v) is 9.20. The van der Waals surface area contributed by atoms with E-state index in [1.54, 1.807) is 35.6 Å². The molecule has 118 valence electrons. The van der Waals surface area contributed by atoms with Gasteiger partial charge in [0.15, 0.2) is 0 Å². The zero-order valence-corrected chi connectivity index (χ0v) is 13.7. The molecule has 0 heterocycles. The van der Waals surface area contributed by atoms with E-state index >= 15 is 0 Å². The van der Waals surface area contributed by atoms with Crippen molar-refractivity contribution in [2.75, 3.05) is 13.7 Å². The van der Waals surface area contributed by atoms with Gasteiger partial charge in [-0.3, -0.25) is 0 Å². The summed E-state index contributed by atoms with van der Waals surface area (Å²) < 4.78 is 32.3. The molecule has 1 aromatic carbocycles. The topological polar surface area (TPSA) is 46.6 Å². The van der Waals surface area contributed by atoms with Gasteiger partial charge in [-0.05, 0) is 44.0 Å². The van der Waals surface area contributed by atoms with E-state index in [1.165, 1.54) is 12.8 Å². The second-order valence-electron chi connectivity index (χ2n) is 5.57. The van der Waals surface area contributed by atoms with Gasteiger partial charge >= 0.3 is 0 Å². The maximum absolute atomic E-state index is 12.7. The predicted octanol–water partition coefficient (Wildman–Crippen LogP) is 3.43. The first-order chi connectivity index (χ1) is 10.1. The van der Waals surface area contributed by atoms with Crippen molar-refractivity contribution in [3.05, 3.63) is 24.3 Å². The molecule has 0 radical (unpaired) electrons. The Labute approximate surface area is 128 Å². The predicted molar refractivity (Wildman–Crippen MR) is 84.0 cm³/mol. The van der Waals surface area contributed by atoms with Gasteiger partial charge in [0.25, 0.3) is 0 Å².